The van der Waals surface area contributed by atoms with Crippen LogP contribution in [0.2, 0.25) is 20.1 Å². The van der Waals surface area contributed by atoms with Gasteiger partial charge in [-0.3, -0.25) is 29.0 Å². The highest BCUT2D eigenvalue weighted by Crippen LogP contribution is 2.46. The van der Waals surface area contributed by atoms with Crippen molar-refractivity contribution in [3.63, 3.8) is 0 Å². The molecule has 8 nitrogen and oxygen atoms in total. The van der Waals surface area contributed by atoms with Crippen molar-refractivity contribution < 1.29 is 29.4 Å². The number of nitrogens with zero attached hydrogens (tertiary/aromatic N) is 2. The molecule has 0 radical (unpaired) electrons. The number of carbonyl (C=O) groups excluding carboxylic acids is 2. The molecular formula is C24H20Cl4N2O6S4. The fourth-order valence-corrected chi connectivity index (χ4v) is 9.88. The zero-order valence-corrected chi connectivity index (χ0v) is 26.5. The summed E-state index contributed by atoms with van der Waals surface area (Å²) in [6.45, 7) is -0.474. The Morgan fingerprint density at radius 3 is 1.43 bits per heavy atom. The van der Waals surface area contributed by atoms with Crippen LogP contribution < -0.4 is 0 Å². The third-order valence-corrected chi connectivity index (χ3v) is 12.0. The number of thioether (sulfide) groups is 2. The highest BCUT2D eigenvalue weighted by atomic mass is 35.5. The van der Waals surface area contributed by atoms with Crippen LogP contribution in [0.1, 0.15) is 21.9 Å². The van der Waals surface area contributed by atoms with Gasteiger partial charge in [-0.15, -0.1) is 23.5 Å². The van der Waals surface area contributed by atoms with Gasteiger partial charge in [0.1, 0.15) is 12.1 Å². The molecule has 2 saturated heterocycles. The molecule has 2 heterocycles. The van der Waals surface area contributed by atoms with Crippen molar-refractivity contribution in [1.29, 1.82) is 0 Å². The number of halogens is 4. The van der Waals surface area contributed by atoms with Crippen LogP contribution in [0, 0.1) is 0 Å². The largest absolute Gasteiger partial charge is 0.480 e. The third kappa shape index (κ3) is 7.58. The highest BCUT2D eigenvalue weighted by Gasteiger charge is 2.43. The molecule has 0 aliphatic carbocycles. The summed E-state index contributed by atoms with van der Waals surface area (Å²) in [5, 5.41) is 19.2. The summed E-state index contributed by atoms with van der Waals surface area (Å²) < 4.78 is 0. The molecule has 2 aromatic carbocycles. The van der Waals surface area contributed by atoms with Gasteiger partial charge >= 0.3 is 11.9 Å². The molecule has 0 aromatic heterocycles. The Bertz CT molecular complexity index is 1240. The Kier molecular flexibility index (Phi) is 11.3. The van der Waals surface area contributed by atoms with Gasteiger partial charge in [-0.05, 0) is 57.0 Å². The molecule has 4 unspecified atom stereocenters. The maximum atomic E-state index is 12.9. The molecule has 0 saturated carbocycles. The Balaban J connectivity index is 1.41. The lowest BCUT2D eigenvalue weighted by Gasteiger charge is -2.27. The summed E-state index contributed by atoms with van der Waals surface area (Å²) in [5.41, 5.74) is 1.28. The SMILES string of the molecule is O=C(CN1C(C(=O)O)CSC1c1ccc(Cl)cc1Cl)SSC(=O)CN1C(C(=O)O)CSC1c1ccc(Cl)cc1Cl. The molecule has 4 rings (SSSR count). The predicted molar refractivity (Wildman–Crippen MR) is 165 cm³/mol. The van der Waals surface area contributed by atoms with E-state index in [0.717, 1.165) is 0 Å². The van der Waals surface area contributed by atoms with Crippen LogP contribution in [0.25, 0.3) is 0 Å². The van der Waals surface area contributed by atoms with E-state index in [1.165, 1.54) is 23.5 Å². The van der Waals surface area contributed by atoms with Crippen molar-refractivity contribution in [2.75, 3.05) is 24.6 Å². The first-order valence-corrected chi connectivity index (χ1v) is 17.2. The number of benzene rings is 2. The number of carboxylic acid groups (broad SMARTS) is 2. The molecule has 0 spiro atoms. The van der Waals surface area contributed by atoms with Gasteiger partial charge in [0.2, 0.25) is 10.2 Å². The van der Waals surface area contributed by atoms with Crippen molar-refractivity contribution >= 4 is 114 Å². The quantitative estimate of drug-likeness (QED) is 0.295. The fraction of sp³-hybridized carbons (Fsp3) is 0.333. The van der Waals surface area contributed by atoms with E-state index in [1.807, 2.05) is 0 Å². The first-order valence-electron chi connectivity index (χ1n) is 11.5. The number of carbonyl (C=O) groups is 4. The number of hydrogen-bond donors (Lipinski definition) is 2. The highest BCUT2D eigenvalue weighted by molar-refractivity contribution is 8.87. The van der Waals surface area contributed by atoms with Gasteiger partial charge in [-0.1, -0.05) is 58.5 Å². The monoisotopic (exact) mass is 700 g/mol. The topological polar surface area (TPSA) is 115 Å². The zero-order valence-electron chi connectivity index (χ0n) is 20.2. The van der Waals surface area contributed by atoms with Crippen molar-refractivity contribution in [1.82, 2.24) is 9.80 Å². The lowest BCUT2D eigenvalue weighted by atomic mass is 10.1. The molecule has 0 amide bonds. The fourth-order valence-electron chi connectivity index (χ4n) is 4.27. The number of hydrogen-bond acceptors (Lipinski definition) is 10. The van der Waals surface area contributed by atoms with E-state index in [2.05, 4.69) is 0 Å². The zero-order chi connectivity index (χ0) is 29.1. The minimum Gasteiger partial charge on any atom is -0.480 e. The van der Waals surface area contributed by atoms with Gasteiger partial charge in [0.15, 0.2) is 0 Å². The standard InChI is InChI=1S/C24H20Cl4N2O6S4/c25-11-1-3-13(15(27)5-11)21-29(17(9-37-21)23(33)34)7-19(31)39-40-20(32)8-30-18(24(35)36)10-38-22(30)14-4-2-12(26)6-16(14)28/h1-6,17-18,21-22H,7-10H2,(H,33,34)(H,35,36). The predicted octanol–water partition coefficient (Wildman–Crippen LogP) is 6.44. The second-order valence-corrected chi connectivity index (χ2v) is 14.8. The summed E-state index contributed by atoms with van der Waals surface area (Å²) >= 11 is 27.4. The van der Waals surface area contributed by atoms with Gasteiger partial charge in [-0.25, -0.2) is 0 Å². The molecule has 0 bridgehead atoms. The van der Waals surface area contributed by atoms with E-state index in [4.69, 9.17) is 46.4 Å². The summed E-state index contributed by atoms with van der Waals surface area (Å²) in [6, 6.07) is 7.96. The Morgan fingerprint density at radius 1 is 0.725 bits per heavy atom. The average molecular weight is 703 g/mol. The molecule has 2 N–H and O–H groups in total. The minimum atomic E-state index is -1.07. The van der Waals surface area contributed by atoms with Gasteiger partial charge < -0.3 is 10.2 Å². The smallest absolute Gasteiger partial charge is 0.321 e. The molecule has 2 aromatic rings. The summed E-state index contributed by atoms with van der Waals surface area (Å²) in [6.07, 6.45) is 0. The second-order valence-electron chi connectivity index (χ2n) is 8.67. The molecular weight excluding hydrogens is 682 g/mol. The molecule has 214 valence electrons. The first-order chi connectivity index (χ1) is 19.0. The molecule has 40 heavy (non-hydrogen) atoms. The third-order valence-electron chi connectivity index (χ3n) is 6.11. The van der Waals surface area contributed by atoms with Gasteiger partial charge in [0.05, 0.1) is 23.8 Å². The van der Waals surface area contributed by atoms with E-state index in [9.17, 15) is 29.4 Å². The Hall–Kier alpha value is -0.800. The number of rotatable bonds is 8. The lowest BCUT2D eigenvalue weighted by Crippen LogP contribution is -2.41. The van der Waals surface area contributed by atoms with E-state index in [-0.39, 0.29) is 24.6 Å². The van der Waals surface area contributed by atoms with Crippen LogP contribution in [0.5, 0.6) is 0 Å². The second kappa shape index (κ2) is 14.1. The van der Waals surface area contributed by atoms with Crippen LogP contribution in [0.15, 0.2) is 36.4 Å². The van der Waals surface area contributed by atoms with E-state index < -0.39 is 45.0 Å². The average Bonchev–Trinajstić information content (AvgIpc) is 3.47. The number of aliphatic carboxylic acids is 2. The summed E-state index contributed by atoms with van der Waals surface area (Å²) in [7, 11) is 1.38. The summed E-state index contributed by atoms with van der Waals surface area (Å²) in [5.74, 6) is -1.64. The minimum absolute atomic E-state index is 0.237. The van der Waals surface area contributed by atoms with Crippen molar-refractivity contribution in [2.45, 2.75) is 22.8 Å². The number of carboxylic acids is 2. The molecule has 16 heteroatoms. The van der Waals surface area contributed by atoms with Crippen molar-refractivity contribution in [3.05, 3.63) is 67.6 Å². The van der Waals surface area contributed by atoms with Crippen LogP contribution in [-0.4, -0.2) is 78.9 Å². The van der Waals surface area contributed by atoms with Crippen molar-refractivity contribution in [2.24, 2.45) is 0 Å². The van der Waals surface area contributed by atoms with Crippen LogP contribution in [0.3, 0.4) is 0 Å². The molecule has 2 aliphatic rings. The van der Waals surface area contributed by atoms with E-state index in [1.54, 1.807) is 46.2 Å². The van der Waals surface area contributed by atoms with Crippen LogP contribution in [-0.2, 0) is 19.2 Å². The molecule has 2 fully saturated rings. The van der Waals surface area contributed by atoms with Crippen molar-refractivity contribution in [3.8, 4) is 0 Å². The van der Waals surface area contributed by atoms with Crippen LogP contribution >= 0.6 is 91.5 Å². The van der Waals surface area contributed by atoms with E-state index in [0.29, 0.717) is 52.8 Å². The van der Waals surface area contributed by atoms with Gasteiger partial charge in [-0.2, -0.15) is 0 Å². The molecule has 4 atom stereocenters. The van der Waals surface area contributed by atoms with Gasteiger partial charge in [0.25, 0.3) is 0 Å². The van der Waals surface area contributed by atoms with Gasteiger partial charge in [0, 0.05) is 31.6 Å². The van der Waals surface area contributed by atoms with Crippen LogP contribution in [0.4, 0.5) is 0 Å². The maximum Gasteiger partial charge on any atom is 0.321 e. The van der Waals surface area contributed by atoms with E-state index >= 15 is 0 Å². The molecule has 2 aliphatic heterocycles. The lowest BCUT2D eigenvalue weighted by molar-refractivity contribution is -0.143. The first kappa shape index (κ1) is 32.1. The Morgan fingerprint density at radius 2 is 1.10 bits per heavy atom. The summed E-state index contributed by atoms with van der Waals surface area (Å²) in [4.78, 5) is 52.7. The normalized spacial score (nSPS) is 23.4. The Labute approximate surface area is 266 Å². The maximum absolute atomic E-state index is 12.9.